The molecule has 0 saturated heterocycles. The summed E-state index contributed by atoms with van der Waals surface area (Å²) in [6, 6.07) is 14.8. The Balaban J connectivity index is 1.59. The molecule has 3 rings (SSSR count). The van der Waals surface area contributed by atoms with Crippen molar-refractivity contribution in [2.75, 3.05) is 25.7 Å². The number of carbonyl (C=O) groups excluding carboxylic acids is 1. The van der Waals surface area contributed by atoms with E-state index in [1.54, 1.807) is 18.1 Å². The lowest BCUT2D eigenvalue weighted by molar-refractivity contribution is 0.145. The average molecular weight is 340 g/mol. The first kappa shape index (κ1) is 16.8. The molecule has 0 radical (unpaired) electrons. The van der Waals surface area contributed by atoms with Crippen LogP contribution in [0.3, 0.4) is 0 Å². The van der Waals surface area contributed by atoms with Crippen LogP contribution in [0.4, 0.5) is 4.79 Å². The lowest BCUT2D eigenvalue weighted by atomic mass is 10.2. The number of methoxy groups -OCH3 is 1. The van der Waals surface area contributed by atoms with Crippen molar-refractivity contribution in [3.05, 3.63) is 60.4 Å². The van der Waals surface area contributed by atoms with E-state index in [4.69, 9.17) is 9.47 Å². The SMILES string of the molecule is COCCOc1ccccc1CNC(=O)Nn1cnc2ccccc21. The molecule has 0 spiro atoms. The van der Waals surface area contributed by atoms with Gasteiger partial charge in [0.2, 0.25) is 0 Å². The highest BCUT2D eigenvalue weighted by Crippen LogP contribution is 2.17. The number of benzene rings is 2. The van der Waals surface area contributed by atoms with E-state index in [0.29, 0.717) is 19.8 Å². The van der Waals surface area contributed by atoms with Crippen LogP contribution in [0.25, 0.3) is 11.0 Å². The maximum absolute atomic E-state index is 12.2. The number of hydrogen-bond acceptors (Lipinski definition) is 4. The summed E-state index contributed by atoms with van der Waals surface area (Å²) in [6.45, 7) is 1.32. The van der Waals surface area contributed by atoms with E-state index in [2.05, 4.69) is 15.7 Å². The molecule has 3 aromatic rings. The van der Waals surface area contributed by atoms with Gasteiger partial charge < -0.3 is 14.8 Å². The number of fused-ring (bicyclic) bond motifs is 1. The van der Waals surface area contributed by atoms with Crippen LogP contribution < -0.4 is 15.5 Å². The van der Waals surface area contributed by atoms with Crippen LogP contribution in [0.5, 0.6) is 5.75 Å². The minimum atomic E-state index is -0.324. The summed E-state index contributed by atoms with van der Waals surface area (Å²) in [7, 11) is 1.63. The standard InChI is InChI=1S/C18H20N4O3/c1-24-10-11-25-17-9-5-2-6-14(17)12-19-18(23)21-22-13-20-15-7-3-4-8-16(15)22/h2-9,13H,10-12H2,1H3,(H2,19,21,23). The van der Waals surface area contributed by atoms with Gasteiger partial charge in [0.1, 0.15) is 18.7 Å². The third kappa shape index (κ3) is 4.27. The molecule has 0 unspecified atom stereocenters. The zero-order valence-electron chi connectivity index (χ0n) is 13.9. The second kappa shape index (κ2) is 8.16. The molecule has 130 valence electrons. The quantitative estimate of drug-likeness (QED) is 0.648. The van der Waals surface area contributed by atoms with Gasteiger partial charge in [0.05, 0.1) is 17.6 Å². The second-order valence-corrected chi connectivity index (χ2v) is 5.35. The Hall–Kier alpha value is -3.06. The smallest absolute Gasteiger partial charge is 0.334 e. The summed E-state index contributed by atoms with van der Waals surface area (Å²) >= 11 is 0. The highest BCUT2D eigenvalue weighted by Gasteiger charge is 2.08. The number of imidazole rings is 1. The first-order valence-corrected chi connectivity index (χ1v) is 7.94. The molecule has 0 aliphatic heterocycles. The van der Waals surface area contributed by atoms with Crippen molar-refractivity contribution >= 4 is 17.1 Å². The summed E-state index contributed by atoms with van der Waals surface area (Å²) < 4.78 is 12.2. The van der Waals surface area contributed by atoms with Gasteiger partial charge in [-0.2, -0.15) is 0 Å². The first-order chi connectivity index (χ1) is 12.3. The fourth-order valence-corrected chi connectivity index (χ4v) is 2.40. The zero-order valence-corrected chi connectivity index (χ0v) is 13.9. The largest absolute Gasteiger partial charge is 0.491 e. The van der Waals surface area contributed by atoms with Crippen LogP contribution in [0.15, 0.2) is 54.9 Å². The lowest BCUT2D eigenvalue weighted by Crippen LogP contribution is -2.33. The van der Waals surface area contributed by atoms with Crippen molar-refractivity contribution in [2.24, 2.45) is 0 Å². The molecule has 2 aromatic carbocycles. The van der Waals surface area contributed by atoms with E-state index < -0.39 is 0 Å². The number of amides is 2. The summed E-state index contributed by atoms with van der Waals surface area (Å²) in [6.07, 6.45) is 1.58. The van der Waals surface area contributed by atoms with Crippen molar-refractivity contribution in [3.63, 3.8) is 0 Å². The van der Waals surface area contributed by atoms with Crippen LogP contribution >= 0.6 is 0 Å². The van der Waals surface area contributed by atoms with Crippen molar-refractivity contribution < 1.29 is 14.3 Å². The van der Waals surface area contributed by atoms with Gasteiger partial charge in [-0.3, -0.25) is 0 Å². The minimum Gasteiger partial charge on any atom is -0.491 e. The van der Waals surface area contributed by atoms with Crippen LogP contribution in [0, 0.1) is 0 Å². The normalized spacial score (nSPS) is 10.6. The predicted octanol–water partition coefficient (Wildman–Crippen LogP) is 2.51. The van der Waals surface area contributed by atoms with Crippen molar-refractivity contribution in [3.8, 4) is 5.75 Å². The fraction of sp³-hybridized carbons (Fsp3) is 0.222. The number of para-hydroxylation sites is 3. The Labute approximate surface area is 145 Å². The van der Waals surface area contributed by atoms with Gasteiger partial charge in [-0.05, 0) is 18.2 Å². The predicted molar refractivity (Wildman–Crippen MR) is 95.1 cm³/mol. The average Bonchev–Trinajstić information content (AvgIpc) is 3.04. The van der Waals surface area contributed by atoms with E-state index >= 15 is 0 Å². The lowest BCUT2D eigenvalue weighted by Gasteiger charge is -2.13. The Bertz CT molecular complexity index is 847. The monoisotopic (exact) mass is 340 g/mol. The zero-order chi connectivity index (χ0) is 17.5. The molecular weight excluding hydrogens is 320 g/mol. The number of carbonyl (C=O) groups is 1. The molecule has 0 bridgehead atoms. The summed E-state index contributed by atoms with van der Waals surface area (Å²) in [5.41, 5.74) is 5.30. The van der Waals surface area contributed by atoms with Gasteiger partial charge in [-0.1, -0.05) is 30.3 Å². The minimum absolute atomic E-state index is 0.324. The highest BCUT2D eigenvalue weighted by molar-refractivity contribution is 5.85. The second-order valence-electron chi connectivity index (χ2n) is 5.35. The van der Waals surface area contributed by atoms with Gasteiger partial charge >= 0.3 is 6.03 Å². The number of nitrogens with one attached hydrogen (secondary N) is 2. The third-order valence-electron chi connectivity index (χ3n) is 3.63. The summed E-state index contributed by atoms with van der Waals surface area (Å²) in [4.78, 5) is 16.4. The maximum atomic E-state index is 12.2. The highest BCUT2D eigenvalue weighted by atomic mass is 16.5. The molecule has 0 aliphatic carbocycles. The van der Waals surface area contributed by atoms with E-state index in [1.165, 1.54) is 0 Å². The van der Waals surface area contributed by atoms with Gasteiger partial charge in [-0.15, -0.1) is 0 Å². The maximum Gasteiger partial charge on any atom is 0.334 e. The van der Waals surface area contributed by atoms with Gasteiger partial charge in [-0.25, -0.2) is 19.9 Å². The number of rotatable bonds is 7. The number of ether oxygens (including phenoxy) is 2. The van der Waals surface area contributed by atoms with Gasteiger partial charge in [0, 0.05) is 19.2 Å². The molecule has 2 N–H and O–H groups in total. The topological polar surface area (TPSA) is 77.4 Å². The number of urea groups is 1. The van der Waals surface area contributed by atoms with Crippen LogP contribution in [-0.2, 0) is 11.3 Å². The molecule has 0 atom stereocenters. The van der Waals surface area contributed by atoms with Gasteiger partial charge in [0.25, 0.3) is 0 Å². The van der Waals surface area contributed by atoms with E-state index in [0.717, 1.165) is 22.3 Å². The number of hydrogen-bond donors (Lipinski definition) is 2. The molecule has 2 amide bonds. The molecule has 0 saturated carbocycles. The van der Waals surface area contributed by atoms with Crippen molar-refractivity contribution in [2.45, 2.75) is 6.54 Å². The van der Waals surface area contributed by atoms with Crippen molar-refractivity contribution in [1.29, 1.82) is 0 Å². The molecular formula is C18H20N4O3. The Kier molecular flexibility index (Phi) is 5.48. The van der Waals surface area contributed by atoms with Gasteiger partial charge in [0.15, 0.2) is 0 Å². The third-order valence-corrected chi connectivity index (χ3v) is 3.63. The van der Waals surface area contributed by atoms with E-state index in [9.17, 15) is 4.79 Å². The Morgan fingerprint density at radius 1 is 1.12 bits per heavy atom. The van der Waals surface area contributed by atoms with E-state index in [1.807, 2.05) is 48.5 Å². The summed E-state index contributed by atoms with van der Waals surface area (Å²) in [5, 5.41) is 2.82. The number of nitrogens with zero attached hydrogens (tertiary/aromatic N) is 2. The molecule has 7 nitrogen and oxygen atoms in total. The van der Waals surface area contributed by atoms with Crippen molar-refractivity contribution in [1.82, 2.24) is 15.0 Å². The molecule has 0 aliphatic rings. The van der Waals surface area contributed by atoms with Crippen LogP contribution in [0.1, 0.15) is 5.56 Å². The first-order valence-electron chi connectivity index (χ1n) is 7.94. The Morgan fingerprint density at radius 3 is 2.80 bits per heavy atom. The molecule has 25 heavy (non-hydrogen) atoms. The molecule has 7 heteroatoms. The van der Waals surface area contributed by atoms with E-state index in [-0.39, 0.29) is 6.03 Å². The van der Waals surface area contributed by atoms with Crippen LogP contribution in [-0.4, -0.2) is 36.0 Å². The molecule has 0 fully saturated rings. The summed E-state index contributed by atoms with van der Waals surface area (Å²) in [5.74, 6) is 0.730. The fourth-order valence-electron chi connectivity index (χ4n) is 2.40. The molecule has 1 heterocycles. The Morgan fingerprint density at radius 2 is 1.92 bits per heavy atom. The molecule has 1 aromatic heterocycles. The van der Waals surface area contributed by atoms with Crippen LogP contribution in [0.2, 0.25) is 0 Å². The number of aromatic nitrogens is 2.